The van der Waals surface area contributed by atoms with Crippen molar-refractivity contribution in [1.29, 1.82) is 0 Å². The summed E-state index contributed by atoms with van der Waals surface area (Å²) in [4.78, 5) is 15.8. The summed E-state index contributed by atoms with van der Waals surface area (Å²) in [6.45, 7) is 6.00. The number of aromatic nitrogens is 2. The summed E-state index contributed by atoms with van der Waals surface area (Å²) in [5.74, 6) is 0.647. The van der Waals surface area contributed by atoms with Gasteiger partial charge in [-0.25, -0.2) is 0 Å². The van der Waals surface area contributed by atoms with Gasteiger partial charge in [0.2, 0.25) is 11.8 Å². The molecule has 0 spiro atoms. The number of nitrogens with zero attached hydrogens (tertiary/aromatic N) is 2. The molecule has 0 unspecified atom stereocenters. The number of carbonyl (C=O) groups excluding carboxylic acids is 1. The predicted octanol–water partition coefficient (Wildman–Crippen LogP) is 1.27. The Bertz CT molecular complexity index is 413. The molecule has 0 bridgehead atoms. The van der Waals surface area contributed by atoms with E-state index in [4.69, 9.17) is 10.3 Å². The van der Waals surface area contributed by atoms with Crippen molar-refractivity contribution in [2.75, 3.05) is 0 Å². The molecule has 16 heavy (non-hydrogen) atoms. The maximum Gasteiger partial charge on any atom is 0.242 e. The van der Waals surface area contributed by atoms with Gasteiger partial charge in [-0.05, 0) is 12.8 Å². The Kier molecular flexibility index (Phi) is 2.29. The Morgan fingerprint density at radius 2 is 2.06 bits per heavy atom. The second kappa shape index (κ2) is 3.30. The van der Waals surface area contributed by atoms with E-state index in [1.165, 1.54) is 0 Å². The molecule has 0 radical (unpaired) electrons. The number of primary amides is 1. The van der Waals surface area contributed by atoms with Crippen LogP contribution in [0.1, 0.15) is 51.7 Å². The fourth-order valence-electron chi connectivity index (χ4n) is 1.82. The van der Waals surface area contributed by atoms with Crippen LogP contribution in [0.4, 0.5) is 0 Å². The van der Waals surface area contributed by atoms with Gasteiger partial charge >= 0.3 is 0 Å². The van der Waals surface area contributed by atoms with Crippen LogP contribution in [0.15, 0.2) is 4.52 Å². The summed E-state index contributed by atoms with van der Waals surface area (Å²) in [5, 5.41) is 3.92. The lowest BCUT2D eigenvalue weighted by atomic mass is 9.68. The van der Waals surface area contributed by atoms with Crippen molar-refractivity contribution in [2.45, 2.75) is 50.9 Å². The zero-order valence-corrected chi connectivity index (χ0v) is 9.91. The van der Waals surface area contributed by atoms with Gasteiger partial charge in [-0.15, -0.1) is 0 Å². The zero-order valence-electron chi connectivity index (χ0n) is 9.91. The second-order valence-electron chi connectivity index (χ2n) is 5.47. The quantitative estimate of drug-likeness (QED) is 0.818. The van der Waals surface area contributed by atoms with E-state index in [0.29, 0.717) is 24.6 Å². The minimum absolute atomic E-state index is 0.176. The molecule has 0 saturated heterocycles. The monoisotopic (exact) mass is 223 g/mol. The smallest absolute Gasteiger partial charge is 0.242 e. The van der Waals surface area contributed by atoms with Gasteiger partial charge < -0.3 is 10.3 Å². The number of carbonyl (C=O) groups is 1. The first-order valence-corrected chi connectivity index (χ1v) is 5.51. The minimum atomic E-state index is -0.698. The largest absolute Gasteiger partial charge is 0.369 e. The molecular weight excluding hydrogens is 206 g/mol. The third kappa shape index (κ3) is 1.50. The van der Waals surface area contributed by atoms with Crippen LogP contribution in [0.3, 0.4) is 0 Å². The van der Waals surface area contributed by atoms with Gasteiger partial charge in [-0.3, -0.25) is 4.79 Å². The summed E-state index contributed by atoms with van der Waals surface area (Å²) in [5.41, 5.74) is 4.54. The molecule has 1 aliphatic rings. The highest BCUT2D eigenvalue weighted by molar-refractivity contribution is 5.86. The van der Waals surface area contributed by atoms with Crippen molar-refractivity contribution >= 4 is 5.91 Å². The van der Waals surface area contributed by atoms with Crippen molar-refractivity contribution in [1.82, 2.24) is 10.1 Å². The molecule has 0 atom stereocenters. The SMILES string of the molecule is CC(C)(C)c1noc(C2(C(N)=O)CCC2)n1. The van der Waals surface area contributed by atoms with E-state index in [2.05, 4.69) is 10.1 Å². The van der Waals surface area contributed by atoms with Crippen LogP contribution >= 0.6 is 0 Å². The number of hydrogen-bond donors (Lipinski definition) is 1. The molecule has 1 aromatic heterocycles. The van der Waals surface area contributed by atoms with Crippen LogP contribution < -0.4 is 5.73 Å². The minimum Gasteiger partial charge on any atom is -0.369 e. The van der Waals surface area contributed by atoms with E-state index >= 15 is 0 Å². The van der Waals surface area contributed by atoms with Crippen LogP contribution in [0.25, 0.3) is 0 Å². The third-order valence-electron chi connectivity index (χ3n) is 3.19. The van der Waals surface area contributed by atoms with Gasteiger partial charge in [0.15, 0.2) is 5.82 Å². The maximum atomic E-state index is 11.5. The van der Waals surface area contributed by atoms with Crippen molar-refractivity contribution in [3.8, 4) is 0 Å². The van der Waals surface area contributed by atoms with E-state index in [1.54, 1.807) is 0 Å². The molecule has 0 aliphatic heterocycles. The highest BCUT2D eigenvalue weighted by atomic mass is 16.5. The molecule has 1 saturated carbocycles. The number of nitrogens with two attached hydrogens (primary N) is 1. The standard InChI is InChI=1S/C11H17N3O2/c1-10(2,3)8-13-9(16-14-8)11(7(12)15)5-4-6-11/h4-6H2,1-3H3,(H2,12,15). The number of hydrogen-bond acceptors (Lipinski definition) is 4. The van der Waals surface area contributed by atoms with Crippen LogP contribution in [-0.2, 0) is 15.6 Å². The van der Waals surface area contributed by atoms with E-state index in [0.717, 1.165) is 6.42 Å². The fourth-order valence-corrected chi connectivity index (χ4v) is 1.82. The highest BCUT2D eigenvalue weighted by Gasteiger charge is 2.49. The Morgan fingerprint density at radius 3 is 2.38 bits per heavy atom. The van der Waals surface area contributed by atoms with Crippen LogP contribution in [-0.4, -0.2) is 16.0 Å². The Morgan fingerprint density at radius 1 is 1.44 bits per heavy atom. The second-order valence-corrected chi connectivity index (χ2v) is 5.47. The molecule has 1 aliphatic carbocycles. The van der Waals surface area contributed by atoms with Gasteiger partial charge in [-0.2, -0.15) is 4.98 Å². The van der Waals surface area contributed by atoms with Gasteiger partial charge in [-0.1, -0.05) is 32.3 Å². The average Bonchev–Trinajstić information content (AvgIpc) is 2.48. The summed E-state index contributed by atoms with van der Waals surface area (Å²) in [7, 11) is 0. The molecule has 1 fully saturated rings. The summed E-state index contributed by atoms with van der Waals surface area (Å²) in [6, 6.07) is 0. The maximum absolute atomic E-state index is 11.5. The van der Waals surface area contributed by atoms with Gasteiger partial charge in [0, 0.05) is 5.41 Å². The molecule has 1 amide bonds. The molecule has 0 aromatic carbocycles. The van der Waals surface area contributed by atoms with Crippen molar-refractivity contribution in [3.63, 3.8) is 0 Å². The fraction of sp³-hybridized carbons (Fsp3) is 0.727. The molecule has 5 heteroatoms. The van der Waals surface area contributed by atoms with Gasteiger partial charge in [0.25, 0.3) is 0 Å². The third-order valence-corrected chi connectivity index (χ3v) is 3.19. The van der Waals surface area contributed by atoms with E-state index in [9.17, 15) is 4.79 Å². The number of rotatable bonds is 2. The molecule has 1 aromatic rings. The highest BCUT2D eigenvalue weighted by Crippen LogP contribution is 2.43. The Labute approximate surface area is 94.4 Å². The van der Waals surface area contributed by atoms with Crippen LogP contribution in [0, 0.1) is 0 Å². The molecule has 88 valence electrons. The summed E-state index contributed by atoms with van der Waals surface area (Å²) >= 11 is 0. The topological polar surface area (TPSA) is 82.0 Å². The first kappa shape index (κ1) is 11.1. The predicted molar refractivity (Wildman–Crippen MR) is 57.7 cm³/mol. The van der Waals surface area contributed by atoms with Gasteiger partial charge in [0.1, 0.15) is 5.41 Å². The van der Waals surface area contributed by atoms with E-state index < -0.39 is 5.41 Å². The molecule has 5 nitrogen and oxygen atoms in total. The Balaban J connectivity index is 2.35. The zero-order chi connectivity index (χ0) is 12.0. The normalized spacial score (nSPS) is 19.2. The molecule has 2 N–H and O–H groups in total. The van der Waals surface area contributed by atoms with Crippen molar-refractivity contribution in [3.05, 3.63) is 11.7 Å². The van der Waals surface area contributed by atoms with Gasteiger partial charge in [0.05, 0.1) is 0 Å². The lowest BCUT2D eigenvalue weighted by molar-refractivity contribution is -0.127. The van der Waals surface area contributed by atoms with E-state index in [-0.39, 0.29) is 11.3 Å². The first-order chi connectivity index (χ1) is 7.36. The van der Waals surface area contributed by atoms with Crippen LogP contribution in [0.2, 0.25) is 0 Å². The van der Waals surface area contributed by atoms with Crippen LogP contribution in [0.5, 0.6) is 0 Å². The lowest BCUT2D eigenvalue weighted by Crippen LogP contribution is -2.47. The van der Waals surface area contributed by atoms with Crippen molar-refractivity contribution < 1.29 is 9.32 Å². The molecule has 2 rings (SSSR count). The summed E-state index contributed by atoms with van der Waals surface area (Å²) < 4.78 is 5.20. The lowest BCUT2D eigenvalue weighted by Gasteiger charge is -2.34. The molecular formula is C11H17N3O2. The van der Waals surface area contributed by atoms with Crippen molar-refractivity contribution in [2.24, 2.45) is 5.73 Å². The molecule has 1 heterocycles. The average molecular weight is 223 g/mol. The number of amides is 1. The first-order valence-electron chi connectivity index (χ1n) is 5.51. The van der Waals surface area contributed by atoms with E-state index in [1.807, 2.05) is 20.8 Å². The summed E-state index contributed by atoms with van der Waals surface area (Å²) in [6.07, 6.45) is 2.42. The Hall–Kier alpha value is -1.39.